The van der Waals surface area contributed by atoms with Crippen LogP contribution in [0.5, 0.6) is 0 Å². The summed E-state index contributed by atoms with van der Waals surface area (Å²) in [5, 5.41) is 0. The van der Waals surface area contributed by atoms with Crippen molar-refractivity contribution >= 4 is 5.69 Å². The molecule has 1 aliphatic carbocycles. The summed E-state index contributed by atoms with van der Waals surface area (Å²) in [6, 6.07) is 2.18. The maximum atomic E-state index is 5.81. The maximum Gasteiger partial charge on any atom is 0.0445 e. The molecule has 1 fully saturated rings. The lowest BCUT2D eigenvalue weighted by Gasteiger charge is -2.26. The molecule has 0 aliphatic heterocycles. The molecule has 0 unspecified atom stereocenters. The molecule has 2 rings (SSSR count). The minimum atomic E-state index is 0.577. The average molecular weight is 233 g/mol. The van der Waals surface area contributed by atoms with Gasteiger partial charge in [0.15, 0.2) is 0 Å². The lowest BCUT2D eigenvalue weighted by molar-refractivity contribution is 0.703. The van der Waals surface area contributed by atoms with Crippen molar-refractivity contribution in [2.24, 2.45) is 11.7 Å². The van der Waals surface area contributed by atoms with Crippen LogP contribution in [0.3, 0.4) is 0 Å². The summed E-state index contributed by atoms with van der Waals surface area (Å²) < 4.78 is 0. The fourth-order valence-electron chi connectivity index (χ4n) is 2.22. The van der Waals surface area contributed by atoms with E-state index in [-0.39, 0.29) is 0 Å². The molecule has 1 saturated carbocycles. The van der Waals surface area contributed by atoms with E-state index < -0.39 is 0 Å². The number of anilines is 1. The van der Waals surface area contributed by atoms with Crippen LogP contribution < -0.4 is 10.6 Å². The minimum Gasteiger partial charge on any atom is -0.371 e. The Morgan fingerprint density at radius 1 is 1.47 bits per heavy atom. The van der Waals surface area contributed by atoms with Crippen LogP contribution in [-0.2, 0) is 6.54 Å². The summed E-state index contributed by atoms with van der Waals surface area (Å²) in [4.78, 5) is 6.84. The number of pyridine rings is 1. The van der Waals surface area contributed by atoms with Crippen LogP contribution in [0.1, 0.15) is 37.4 Å². The Morgan fingerprint density at radius 2 is 2.24 bits per heavy atom. The molecule has 17 heavy (non-hydrogen) atoms. The van der Waals surface area contributed by atoms with Crippen molar-refractivity contribution in [3.8, 4) is 0 Å². The third kappa shape index (κ3) is 3.19. The molecular formula is C14H23N3. The molecule has 0 atom stereocenters. The first-order valence-electron chi connectivity index (χ1n) is 6.65. The van der Waals surface area contributed by atoms with E-state index in [4.69, 9.17) is 5.73 Å². The van der Waals surface area contributed by atoms with Gasteiger partial charge in [-0.15, -0.1) is 0 Å². The number of aryl methyl sites for hydroxylation is 1. The van der Waals surface area contributed by atoms with Gasteiger partial charge in [-0.3, -0.25) is 4.98 Å². The first-order valence-corrected chi connectivity index (χ1v) is 6.65. The molecule has 0 amide bonds. The Kier molecular flexibility index (Phi) is 4.00. The zero-order chi connectivity index (χ0) is 12.3. The number of hydrogen-bond donors (Lipinski definition) is 1. The number of nitrogens with two attached hydrogens (primary N) is 1. The van der Waals surface area contributed by atoms with E-state index in [1.807, 2.05) is 13.1 Å². The van der Waals surface area contributed by atoms with E-state index in [1.165, 1.54) is 37.1 Å². The summed E-state index contributed by atoms with van der Waals surface area (Å²) in [7, 11) is 0. The van der Waals surface area contributed by atoms with Crippen LogP contribution in [0.25, 0.3) is 0 Å². The first-order chi connectivity index (χ1) is 8.24. The highest BCUT2D eigenvalue weighted by molar-refractivity contribution is 5.53. The van der Waals surface area contributed by atoms with Gasteiger partial charge in [-0.05, 0) is 38.2 Å². The highest BCUT2D eigenvalue weighted by Crippen LogP contribution is 2.32. The van der Waals surface area contributed by atoms with Crippen molar-refractivity contribution in [3.05, 3.63) is 23.5 Å². The smallest absolute Gasteiger partial charge is 0.0445 e. The Morgan fingerprint density at radius 3 is 2.82 bits per heavy atom. The molecule has 0 radical (unpaired) electrons. The molecule has 0 aromatic carbocycles. The molecule has 2 N–H and O–H groups in total. The van der Waals surface area contributed by atoms with Gasteiger partial charge in [0.25, 0.3) is 0 Å². The van der Waals surface area contributed by atoms with Gasteiger partial charge in [0.05, 0.1) is 0 Å². The fraction of sp³-hybridized carbons (Fsp3) is 0.643. The predicted octanol–water partition coefficient (Wildman–Crippen LogP) is 2.48. The Labute approximate surface area is 104 Å². The van der Waals surface area contributed by atoms with Crippen molar-refractivity contribution in [3.63, 3.8) is 0 Å². The van der Waals surface area contributed by atoms with Crippen LogP contribution in [0, 0.1) is 12.8 Å². The van der Waals surface area contributed by atoms with Gasteiger partial charge in [0.2, 0.25) is 0 Å². The zero-order valence-corrected chi connectivity index (χ0v) is 10.9. The van der Waals surface area contributed by atoms with Gasteiger partial charge in [-0.1, -0.05) is 6.92 Å². The number of aromatic nitrogens is 1. The van der Waals surface area contributed by atoms with Gasteiger partial charge in [0.1, 0.15) is 0 Å². The van der Waals surface area contributed by atoms with Crippen molar-refractivity contribution in [1.29, 1.82) is 0 Å². The molecule has 1 aromatic heterocycles. The monoisotopic (exact) mass is 233 g/mol. The van der Waals surface area contributed by atoms with E-state index in [1.54, 1.807) is 0 Å². The van der Waals surface area contributed by atoms with Crippen molar-refractivity contribution < 1.29 is 0 Å². The van der Waals surface area contributed by atoms with E-state index >= 15 is 0 Å². The van der Waals surface area contributed by atoms with Gasteiger partial charge < -0.3 is 10.6 Å². The summed E-state index contributed by atoms with van der Waals surface area (Å²) in [5.74, 6) is 0.903. The molecule has 1 aromatic rings. The van der Waals surface area contributed by atoms with E-state index in [0.717, 1.165) is 18.2 Å². The number of rotatable bonds is 6. The zero-order valence-electron chi connectivity index (χ0n) is 10.9. The Bertz CT molecular complexity index is 372. The van der Waals surface area contributed by atoms with Gasteiger partial charge in [-0.25, -0.2) is 0 Å². The van der Waals surface area contributed by atoms with Gasteiger partial charge in [0, 0.05) is 42.8 Å². The third-order valence-electron chi connectivity index (χ3n) is 3.33. The summed E-state index contributed by atoms with van der Waals surface area (Å²) >= 11 is 0. The van der Waals surface area contributed by atoms with Crippen LogP contribution in [0.4, 0.5) is 5.69 Å². The van der Waals surface area contributed by atoms with Crippen molar-refractivity contribution in [2.45, 2.75) is 39.7 Å². The summed E-state index contributed by atoms with van der Waals surface area (Å²) in [6.07, 6.45) is 5.89. The largest absolute Gasteiger partial charge is 0.371 e. The minimum absolute atomic E-state index is 0.577. The van der Waals surface area contributed by atoms with Gasteiger partial charge in [-0.2, -0.15) is 0 Å². The average Bonchev–Trinajstić information content (AvgIpc) is 3.12. The molecule has 94 valence electrons. The van der Waals surface area contributed by atoms with Crippen LogP contribution in [0.2, 0.25) is 0 Å². The third-order valence-corrected chi connectivity index (χ3v) is 3.33. The second kappa shape index (κ2) is 5.50. The van der Waals surface area contributed by atoms with Gasteiger partial charge >= 0.3 is 0 Å². The van der Waals surface area contributed by atoms with Crippen molar-refractivity contribution in [2.75, 3.05) is 18.0 Å². The molecule has 1 heterocycles. The highest BCUT2D eigenvalue weighted by Gasteiger charge is 2.25. The number of hydrogen-bond acceptors (Lipinski definition) is 3. The quantitative estimate of drug-likeness (QED) is 0.820. The van der Waals surface area contributed by atoms with Crippen LogP contribution in [-0.4, -0.2) is 18.1 Å². The standard InChI is InChI=1S/C14H23N3/c1-3-6-17(10-12-4-5-12)14-7-11(2)16-9-13(14)8-15/h7,9,12H,3-6,8,10,15H2,1-2H3. The van der Waals surface area contributed by atoms with E-state index in [9.17, 15) is 0 Å². The first kappa shape index (κ1) is 12.4. The van der Waals surface area contributed by atoms with Crippen molar-refractivity contribution in [1.82, 2.24) is 4.98 Å². The van der Waals surface area contributed by atoms with Crippen LogP contribution in [0.15, 0.2) is 12.3 Å². The lowest BCUT2D eigenvalue weighted by atomic mass is 10.1. The maximum absolute atomic E-state index is 5.81. The normalized spacial score (nSPS) is 15.0. The number of nitrogens with zero attached hydrogens (tertiary/aromatic N) is 2. The molecule has 1 aliphatic rings. The molecule has 3 nitrogen and oxygen atoms in total. The molecule has 0 spiro atoms. The second-order valence-electron chi connectivity index (χ2n) is 5.05. The predicted molar refractivity (Wildman–Crippen MR) is 72.1 cm³/mol. The summed E-state index contributed by atoms with van der Waals surface area (Å²) in [5.41, 5.74) is 9.36. The highest BCUT2D eigenvalue weighted by atomic mass is 15.1. The molecule has 0 bridgehead atoms. The van der Waals surface area contributed by atoms with E-state index in [2.05, 4.69) is 22.9 Å². The van der Waals surface area contributed by atoms with E-state index in [0.29, 0.717) is 6.54 Å². The molecule has 3 heteroatoms. The topological polar surface area (TPSA) is 42.2 Å². The SMILES string of the molecule is CCCN(CC1CC1)c1cc(C)ncc1CN. The summed E-state index contributed by atoms with van der Waals surface area (Å²) in [6.45, 7) is 7.16. The lowest BCUT2D eigenvalue weighted by Crippen LogP contribution is -2.28. The molecular weight excluding hydrogens is 210 g/mol. The van der Waals surface area contributed by atoms with Crippen LogP contribution >= 0.6 is 0 Å². The molecule has 0 saturated heterocycles. The fourth-order valence-corrected chi connectivity index (χ4v) is 2.22. The second-order valence-corrected chi connectivity index (χ2v) is 5.05. The Balaban J connectivity index is 2.22. The Hall–Kier alpha value is -1.09.